The molecule has 0 fully saturated rings. The number of hydrogen-bond acceptors (Lipinski definition) is 8. The van der Waals surface area contributed by atoms with Crippen molar-refractivity contribution in [3.05, 3.63) is 40.0 Å². The van der Waals surface area contributed by atoms with E-state index in [0.717, 1.165) is 51.4 Å². The number of nitrogens with zero attached hydrogens (tertiary/aromatic N) is 3. The van der Waals surface area contributed by atoms with Crippen molar-refractivity contribution in [2.75, 3.05) is 11.9 Å². The topological polar surface area (TPSA) is 85.7 Å². The number of benzene rings is 1. The number of nitrogens with one attached hydrogen (secondary N) is 1. The van der Waals surface area contributed by atoms with E-state index in [4.69, 9.17) is 9.47 Å². The maximum atomic E-state index is 12.3. The number of fused-ring (bicyclic) bond motifs is 4. The number of esters is 1. The Kier molecular flexibility index (Phi) is 5.55. The minimum Gasteiger partial charge on any atom is -0.489 e. The van der Waals surface area contributed by atoms with E-state index in [1.54, 1.807) is 17.7 Å². The summed E-state index contributed by atoms with van der Waals surface area (Å²) >= 11 is 1.65. The Hall–Kier alpha value is -3.00. The Bertz CT molecular complexity index is 1220. The molecule has 5 rings (SSSR count). The molecule has 0 saturated heterocycles. The van der Waals surface area contributed by atoms with E-state index in [0.29, 0.717) is 19.6 Å². The summed E-state index contributed by atoms with van der Waals surface area (Å²) in [5, 5.41) is 4.56. The van der Waals surface area contributed by atoms with Gasteiger partial charge in [0.2, 0.25) is 0 Å². The molecule has 1 N–H and O–H groups in total. The fraction of sp³-hybridized carbons (Fsp3) is 0.417. The third-order valence-electron chi connectivity index (χ3n) is 5.81. The Morgan fingerprint density at radius 2 is 2.19 bits per heavy atom. The number of hydrogen-bond donors (Lipinski definition) is 1. The lowest BCUT2D eigenvalue weighted by Crippen LogP contribution is -2.23. The maximum Gasteiger partial charge on any atom is 0.309 e. The number of thiophene rings is 1. The standard InChI is InChI=1S/C24H26N4O3S/c1-4-30-24(29)14-5-6-17-20(9-14)32-23-21(17)22(26-12-27-23)28-18-7-15-10-25-11-16(15)8-19(18)31-13(2)3/h7-8,10,12-14H,4-6,9,11H2,1-3H3,(H,26,27,28)/t14-/m1/s1. The first-order valence-electron chi connectivity index (χ1n) is 11.1. The van der Waals surface area contributed by atoms with Gasteiger partial charge in [-0.15, -0.1) is 11.3 Å². The van der Waals surface area contributed by atoms with E-state index >= 15 is 0 Å². The average Bonchev–Trinajstić information content (AvgIpc) is 3.37. The first-order chi connectivity index (χ1) is 15.5. The number of carbonyl (C=O) groups is 1. The highest BCUT2D eigenvalue weighted by Gasteiger charge is 2.30. The van der Waals surface area contributed by atoms with E-state index in [2.05, 4.69) is 32.4 Å². The fourth-order valence-corrected chi connectivity index (χ4v) is 5.65. The second kappa shape index (κ2) is 8.50. The number of ether oxygens (including phenoxy) is 2. The average molecular weight is 451 g/mol. The Balaban J connectivity index is 1.52. The minimum atomic E-state index is -0.102. The second-order valence-corrected chi connectivity index (χ2v) is 9.49. The zero-order valence-corrected chi connectivity index (χ0v) is 19.3. The molecule has 0 saturated carbocycles. The van der Waals surface area contributed by atoms with Gasteiger partial charge >= 0.3 is 5.97 Å². The molecule has 0 bridgehead atoms. The van der Waals surface area contributed by atoms with Crippen molar-refractivity contribution in [1.29, 1.82) is 0 Å². The lowest BCUT2D eigenvalue weighted by molar-refractivity contribution is -0.148. The Morgan fingerprint density at radius 1 is 1.31 bits per heavy atom. The molecule has 166 valence electrons. The summed E-state index contributed by atoms with van der Waals surface area (Å²) in [7, 11) is 0. The number of aliphatic imine (C=N–C) groups is 1. The van der Waals surface area contributed by atoms with Gasteiger partial charge in [0.15, 0.2) is 0 Å². The summed E-state index contributed by atoms with van der Waals surface area (Å²) in [4.78, 5) is 27.9. The first-order valence-corrected chi connectivity index (χ1v) is 11.9. The van der Waals surface area contributed by atoms with E-state index in [9.17, 15) is 4.79 Å². The van der Waals surface area contributed by atoms with Crippen LogP contribution in [0.2, 0.25) is 0 Å². The normalized spacial score (nSPS) is 16.8. The van der Waals surface area contributed by atoms with Crippen LogP contribution in [-0.4, -0.2) is 34.9 Å². The van der Waals surface area contributed by atoms with E-state index in [-0.39, 0.29) is 18.0 Å². The molecule has 7 nitrogen and oxygen atoms in total. The van der Waals surface area contributed by atoms with Gasteiger partial charge in [0.1, 0.15) is 22.7 Å². The van der Waals surface area contributed by atoms with E-state index < -0.39 is 0 Å². The van der Waals surface area contributed by atoms with Crippen molar-refractivity contribution in [3.63, 3.8) is 0 Å². The van der Waals surface area contributed by atoms with Crippen LogP contribution in [0.1, 0.15) is 48.8 Å². The molecule has 1 aliphatic heterocycles. The van der Waals surface area contributed by atoms with Gasteiger partial charge in [-0.25, -0.2) is 9.97 Å². The highest BCUT2D eigenvalue weighted by molar-refractivity contribution is 7.19. The van der Waals surface area contributed by atoms with Crippen molar-refractivity contribution in [2.24, 2.45) is 10.9 Å². The zero-order valence-electron chi connectivity index (χ0n) is 18.5. The quantitative estimate of drug-likeness (QED) is 0.542. The Labute approximate surface area is 190 Å². The highest BCUT2D eigenvalue weighted by Crippen LogP contribution is 2.42. The molecule has 0 radical (unpaired) electrons. The van der Waals surface area contributed by atoms with E-state index in [1.807, 2.05) is 27.0 Å². The van der Waals surface area contributed by atoms with Crippen molar-refractivity contribution >= 4 is 45.2 Å². The molecule has 1 aromatic carbocycles. The minimum absolute atomic E-state index is 0.0510. The maximum absolute atomic E-state index is 12.3. The summed E-state index contributed by atoms with van der Waals surface area (Å²) in [6.45, 7) is 6.99. The van der Waals surface area contributed by atoms with Crippen LogP contribution < -0.4 is 10.1 Å². The molecule has 2 aliphatic rings. The summed E-state index contributed by atoms with van der Waals surface area (Å²) in [6, 6.07) is 4.14. The number of carbonyl (C=O) groups excluding carboxylic acids is 1. The van der Waals surface area contributed by atoms with Crippen LogP contribution in [0.25, 0.3) is 10.2 Å². The Morgan fingerprint density at radius 3 is 3.00 bits per heavy atom. The van der Waals surface area contributed by atoms with Crippen LogP contribution in [0.5, 0.6) is 5.75 Å². The van der Waals surface area contributed by atoms with Gasteiger partial charge in [0, 0.05) is 11.1 Å². The van der Waals surface area contributed by atoms with Crippen LogP contribution in [0.15, 0.2) is 23.5 Å². The van der Waals surface area contributed by atoms with Crippen molar-refractivity contribution < 1.29 is 14.3 Å². The molecular weight excluding hydrogens is 424 g/mol. The smallest absolute Gasteiger partial charge is 0.309 e. The van der Waals surface area contributed by atoms with Crippen molar-refractivity contribution in [2.45, 2.75) is 52.7 Å². The molecule has 8 heteroatoms. The molecule has 0 unspecified atom stereocenters. The molecule has 2 aromatic heterocycles. The van der Waals surface area contributed by atoms with Gasteiger partial charge in [-0.1, -0.05) is 0 Å². The monoisotopic (exact) mass is 450 g/mol. The van der Waals surface area contributed by atoms with Crippen LogP contribution in [0.4, 0.5) is 11.5 Å². The lowest BCUT2D eigenvalue weighted by Gasteiger charge is -2.21. The molecule has 0 amide bonds. The predicted molar refractivity (Wildman–Crippen MR) is 126 cm³/mol. The van der Waals surface area contributed by atoms with Crippen LogP contribution in [-0.2, 0) is 28.9 Å². The van der Waals surface area contributed by atoms with Gasteiger partial charge < -0.3 is 14.8 Å². The van der Waals surface area contributed by atoms with Crippen molar-refractivity contribution in [3.8, 4) is 5.75 Å². The summed E-state index contributed by atoms with van der Waals surface area (Å²) in [6.07, 6.45) is 5.83. The number of anilines is 2. The number of rotatable bonds is 6. The summed E-state index contributed by atoms with van der Waals surface area (Å²) in [5.74, 6) is 1.38. The largest absolute Gasteiger partial charge is 0.489 e. The molecule has 1 atom stereocenters. The van der Waals surface area contributed by atoms with Gasteiger partial charge in [0.05, 0.1) is 36.2 Å². The SMILES string of the molecule is CCOC(=O)[C@@H]1CCc2c(sc3ncnc(Nc4cc5c(cc4OC(C)C)CN=C5)c23)C1. The van der Waals surface area contributed by atoms with Gasteiger partial charge in [0.25, 0.3) is 0 Å². The lowest BCUT2D eigenvalue weighted by atomic mass is 9.88. The van der Waals surface area contributed by atoms with Crippen LogP contribution in [0, 0.1) is 5.92 Å². The van der Waals surface area contributed by atoms with Crippen molar-refractivity contribution in [1.82, 2.24) is 9.97 Å². The van der Waals surface area contributed by atoms with Gasteiger partial charge in [-0.05, 0) is 68.9 Å². The molecule has 32 heavy (non-hydrogen) atoms. The zero-order chi connectivity index (χ0) is 22.2. The van der Waals surface area contributed by atoms with Gasteiger partial charge in [-0.2, -0.15) is 0 Å². The number of aromatic nitrogens is 2. The highest BCUT2D eigenvalue weighted by atomic mass is 32.1. The van der Waals surface area contributed by atoms with Crippen LogP contribution in [0.3, 0.4) is 0 Å². The molecule has 0 spiro atoms. The summed E-state index contributed by atoms with van der Waals surface area (Å²) < 4.78 is 11.4. The molecule has 3 heterocycles. The molecular formula is C24H26N4O3S. The first kappa shape index (κ1) is 20.9. The summed E-state index contributed by atoms with van der Waals surface area (Å²) in [5.41, 5.74) is 4.36. The number of aryl methyl sites for hydroxylation is 1. The molecule has 3 aromatic rings. The molecule has 1 aliphatic carbocycles. The second-order valence-electron chi connectivity index (χ2n) is 8.41. The van der Waals surface area contributed by atoms with Crippen LogP contribution >= 0.6 is 11.3 Å². The third-order valence-corrected chi connectivity index (χ3v) is 6.98. The third kappa shape index (κ3) is 3.83. The van der Waals surface area contributed by atoms with Gasteiger partial charge in [-0.3, -0.25) is 9.79 Å². The predicted octanol–water partition coefficient (Wildman–Crippen LogP) is 4.82. The fourth-order valence-electron chi connectivity index (χ4n) is 4.38. The van der Waals surface area contributed by atoms with E-state index in [1.165, 1.54) is 10.4 Å².